The van der Waals surface area contributed by atoms with Crippen LogP contribution in [-0.2, 0) is 0 Å². The van der Waals surface area contributed by atoms with Gasteiger partial charge in [0.2, 0.25) is 0 Å². The van der Waals surface area contributed by atoms with Gasteiger partial charge in [-0.25, -0.2) is 4.79 Å². The summed E-state index contributed by atoms with van der Waals surface area (Å²) in [5.41, 5.74) is 4.87. The van der Waals surface area contributed by atoms with Crippen molar-refractivity contribution in [1.82, 2.24) is 0 Å². The van der Waals surface area contributed by atoms with E-state index in [4.69, 9.17) is 11.2 Å². The lowest BCUT2D eigenvalue weighted by Crippen LogP contribution is -2.32. The zero-order valence-electron chi connectivity index (χ0n) is 14.1. The predicted octanol–water partition coefficient (Wildman–Crippen LogP) is 3.16. The number of primary amides is 1. The molecule has 0 atom stereocenters. The molecule has 20 heavy (non-hydrogen) atoms. The molecular formula is C15H12N2O3. The van der Waals surface area contributed by atoms with Gasteiger partial charge in [-0.2, -0.15) is 0 Å². The average Bonchev–Trinajstić information content (AvgIpc) is 2.65. The van der Waals surface area contributed by atoms with Crippen LogP contribution in [-0.4, -0.2) is 16.2 Å². The second-order valence-corrected chi connectivity index (χ2v) is 4.11. The Balaban J connectivity index is 2.57. The number of hydrogen-bond acceptors (Lipinski definition) is 3. The van der Waals surface area contributed by atoms with Crippen molar-refractivity contribution < 1.29 is 20.5 Å². The van der Waals surface area contributed by atoms with Crippen LogP contribution in [0.4, 0.5) is 16.2 Å². The van der Waals surface area contributed by atoms with Crippen LogP contribution in [0.25, 0.3) is 11.5 Å². The molecule has 2 aromatic carbocycles. The number of rotatable bonds is 0. The highest BCUT2D eigenvalue weighted by atomic mass is 16.3. The largest absolute Gasteiger partial charge is 0.504 e. The van der Waals surface area contributed by atoms with Crippen molar-refractivity contribution in [2.24, 2.45) is 5.73 Å². The van der Waals surface area contributed by atoms with Crippen molar-refractivity contribution in [1.29, 1.82) is 0 Å². The normalized spacial score (nSPS) is 16.3. The number of amides is 2. The fourth-order valence-corrected chi connectivity index (χ4v) is 2.11. The summed E-state index contributed by atoms with van der Waals surface area (Å²) in [6.45, 7) is 0. The predicted molar refractivity (Wildman–Crippen MR) is 76.7 cm³/mol. The molecule has 2 aromatic rings. The van der Waals surface area contributed by atoms with Gasteiger partial charge >= 0.3 is 6.03 Å². The van der Waals surface area contributed by atoms with Crippen LogP contribution in [0.2, 0.25) is 0 Å². The number of urea groups is 1. The Morgan fingerprint density at radius 2 is 1.70 bits per heavy atom. The summed E-state index contributed by atoms with van der Waals surface area (Å²) in [4.78, 5) is 12.9. The molecule has 0 aliphatic carbocycles. The minimum Gasteiger partial charge on any atom is -0.504 e. The van der Waals surface area contributed by atoms with Gasteiger partial charge in [0, 0.05) is 11.1 Å². The lowest BCUT2D eigenvalue weighted by atomic mass is 10.1. The zero-order chi connectivity index (χ0) is 17.8. The fraction of sp³-hybridized carbons (Fsp3) is 0. The van der Waals surface area contributed by atoms with E-state index in [1.54, 1.807) is 12.1 Å². The maximum absolute atomic E-state index is 12.0. The van der Waals surface area contributed by atoms with Crippen molar-refractivity contribution in [3.05, 3.63) is 59.6 Å². The number of nitrogens with two attached hydrogens (primary N) is 1. The molecule has 0 bridgehead atoms. The summed E-state index contributed by atoms with van der Waals surface area (Å²) < 4.78 is 31.6. The monoisotopic (exact) mass is 272 g/mol. The molecule has 0 spiro atoms. The number of hydrogen-bond donors (Lipinski definition) is 3. The lowest BCUT2D eigenvalue weighted by molar-refractivity contribution is 0.256. The van der Waals surface area contributed by atoms with Crippen LogP contribution in [0.1, 0.15) is 16.6 Å². The minimum atomic E-state index is -1.02. The SMILES string of the molecule is [2H]c1c([2H])c([2H])c2c(c1[2H])C(O)=C(O)c1ccccc1N2C(N)=O. The smallest absolute Gasteiger partial charge is 0.323 e. The van der Waals surface area contributed by atoms with Gasteiger partial charge in [-0.1, -0.05) is 24.2 Å². The first-order chi connectivity index (χ1) is 11.3. The number of fused-ring (bicyclic) bond motifs is 2. The van der Waals surface area contributed by atoms with Gasteiger partial charge in [-0.15, -0.1) is 0 Å². The summed E-state index contributed by atoms with van der Waals surface area (Å²) in [5.74, 6) is -1.37. The third kappa shape index (κ3) is 1.60. The number of carbonyl (C=O) groups is 1. The van der Waals surface area contributed by atoms with E-state index in [-0.39, 0.29) is 16.9 Å². The molecule has 0 fully saturated rings. The third-order valence-electron chi connectivity index (χ3n) is 2.97. The van der Waals surface area contributed by atoms with Crippen LogP contribution in [0.3, 0.4) is 0 Å². The van der Waals surface area contributed by atoms with E-state index >= 15 is 0 Å². The van der Waals surface area contributed by atoms with Gasteiger partial charge in [-0.3, -0.25) is 4.90 Å². The van der Waals surface area contributed by atoms with Crippen molar-refractivity contribution in [2.75, 3.05) is 4.90 Å². The number of para-hydroxylation sites is 2. The second kappa shape index (κ2) is 4.31. The maximum atomic E-state index is 12.0. The topological polar surface area (TPSA) is 86.8 Å². The van der Waals surface area contributed by atoms with Crippen molar-refractivity contribution in [3.8, 4) is 0 Å². The molecule has 0 radical (unpaired) electrons. The van der Waals surface area contributed by atoms with Crippen molar-refractivity contribution in [2.45, 2.75) is 0 Å². The van der Waals surface area contributed by atoms with Crippen molar-refractivity contribution in [3.63, 3.8) is 0 Å². The zero-order valence-corrected chi connectivity index (χ0v) is 10.1. The molecule has 5 nitrogen and oxygen atoms in total. The standard InChI is InChI=1S/C15H12N2O3/c16-15(20)17-11-7-3-1-5-9(11)13(18)14(19)10-6-2-4-8-12(10)17/h1-8,18-19H,(H2,16,20)/i1D,3D,5D,7D. The van der Waals surface area contributed by atoms with Gasteiger partial charge in [0.1, 0.15) is 0 Å². The van der Waals surface area contributed by atoms with Gasteiger partial charge in [0.05, 0.1) is 16.9 Å². The average molecular weight is 272 g/mol. The molecule has 3 rings (SSSR count). The highest BCUT2D eigenvalue weighted by Gasteiger charge is 2.28. The third-order valence-corrected chi connectivity index (χ3v) is 2.97. The number of benzene rings is 2. The summed E-state index contributed by atoms with van der Waals surface area (Å²) in [6.07, 6.45) is 0. The highest BCUT2D eigenvalue weighted by molar-refractivity contribution is 6.07. The maximum Gasteiger partial charge on any atom is 0.323 e. The molecule has 1 aliphatic rings. The molecule has 0 saturated carbocycles. The molecule has 0 unspecified atom stereocenters. The van der Waals surface area contributed by atoms with E-state index in [0.717, 1.165) is 4.90 Å². The molecule has 1 aliphatic heterocycles. The fourth-order valence-electron chi connectivity index (χ4n) is 2.11. The Labute approximate surface area is 120 Å². The van der Waals surface area contributed by atoms with E-state index in [2.05, 4.69) is 0 Å². The molecule has 4 N–H and O–H groups in total. The van der Waals surface area contributed by atoms with E-state index in [0.29, 0.717) is 0 Å². The van der Waals surface area contributed by atoms with Crippen LogP contribution >= 0.6 is 0 Å². The Morgan fingerprint density at radius 3 is 2.45 bits per heavy atom. The van der Waals surface area contributed by atoms with E-state index < -0.39 is 47.3 Å². The van der Waals surface area contributed by atoms with E-state index in [1.165, 1.54) is 12.1 Å². The first-order valence-electron chi connectivity index (χ1n) is 7.69. The van der Waals surface area contributed by atoms with Crippen LogP contribution < -0.4 is 10.6 Å². The molecule has 0 saturated heterocycles. The summed E-state index contributed by atoms with van der Waals surface area (Å²) in [5, 5.41) is 20.7. The Morgan fingerprint density at radius 1 is 1.05 bits per heavy atom. The summed E-state index contributed by atoms with van der Waals surface area (Å²) in [6, 6.07) is 2.65. The first kappa shape index (κ1) is 8.27. The molecular weight excluding hydrogens is 256 g/mol. The van der Waals surface area contributed by atoms with Crippen LogP contribution in [0, 0.1) is 0 Å². The van der Waals surface area contributed by atoms with E-state index in [9.17, 15) is 15.0 Å². The van der Waals surface area contributed by atoms with Gasteiger partial charge < -0.3 is 15.9 Å². The highest BCUT2D eigenvalue weighted by Crippen LogP contribution is 2.41. The minimum absolute atomic E-state index is 0.0712. The first-order valence-corrected chi connectivity index (χ1v) is 5.69. The molecule has 0 aromatic heterocycles. The Bertz CT molecular complexity index is 927. The summed E-state index contributed by atoms with van der Waals surface area (Å²) >= 11 is 0. The Hall–Kier alpha value is -2.95. The number of anilines is 2. The molecule has 2 amide bonds. The van der Waals surface area contributed by atoms with Gasteiger partial charge in [0.25, 0.3) is 0 Å². The van der Waals surface area contributed by atoms with Gasteiger partial charge in [0.15, 0.2) is 11.5 Å². The second-order valence-electron chi connectivity index (χ2n) is 4.11. The Kier molecular flexibility index (Phi) is 1.78. The number of nitrogens with zero attached hydrogens (tertiary/aromatic N) is 1. The van der Waals surface area contributed by atoms with E-state index in [1.807, 2.05) is 0 Å². The number of aliphatic hydroxyl groups is 2. The van der Waals surface area contributed by atoms with Crippen LogP contribution in [0.15, 0.2) is 48.4 Å². The number of aliphatic hydroxyl groups excluding tert-OH is 2. The quantitative estimate of drug-likeness (QED) is 0.688. The van der Waals surface area contributed by atoms with Gasteiger partial charge in [-0.05, 0) is 24.2 Å². The molecule has 1 heterocycles. The molecule has 5 heteroatoms. The number of carbonyl (C=O) groups excluding carboxylic acids is 1. The van der Waals surface area contributed by atoms with Crippen molar-refractivity contribution >= 4 is 28.9 Å². The lowest BCUT2D eigenvalue weighted by Gasteiger charge is -2.22. The molecule has 100 valence electrons. The van der Waals surface area contributed by atoms with Crippen LogP contribution in [0.5, 0.6) is 0 Å². The summed E-state index contributed by atoms with van der Waals surface area (Å²) in [7, 11) is 0.